The molecule has 2 aliphatic carbocycles. The van der Waals surface area contributed by atoms with Gasteiger partial charge in [-0.15, -0.1) is 69.8 Å². The van der Waals surface area contributed by atoms with Gasteiger partial charge in [0.25, 0.3) is 0 Å². The maximum Gasteiger partial charge on any atom is 0.164 e. The number of pyridine rings is 2. The first kappa shape index (κ1) is 48.0. The first-order valence-electron chi connectivity index (χ1n) is 24.0. The average molecular weight is 1020 g/mol. The van der Waals surface area contributed by atoms with Gasteiger partial charge in [-0.05, 0) is 119 Å². The van der Waals surface area contributed by atoms with E-state index < -0.39 is 0 Å². The molecule has 0 atom stereocenters. The number of ketones is 1. The smallest absolute Gasteiger partial charge is 0.164 e. The molecule has 8 rings (SSSR count). The van der Waals surface area contributed by atoms with Gasteiger partial charge >= 0.3 is 0 Å². The van der Waals surface area contributed by atoms with E-state index in [1.165, 1.54) is 96.0 Å². The number of aliphatic hydroxyl groups excluding tert-OH is 1. The fraction of sp³-hybridized carbons (Fsp3) is 0.431. The minimum Gasteiger partial charge on any atom is -0.512 e. The topological polar surface area (TPSA) is 63.1 Å². The van der Waals surface area contributed by atoms with Crippen molar-refractivity contribution in [3.8, 4) is 22.5 Å². The van der Waals surface area contributed by atoms with Crippen molar-refractivity contribution >= 4 is 27.3 Å². The van der Waals surface area contributed by atoms with Crippen LogP contribution in [-0.2, 0) is 24.9 Å². The van der Waals surface area contributed by atoms with Gasteiger partial charge in [0.05, 0.1) is 7.13 Å². The standard InChI is InChI=1S/2C22H22N.C14H26O2.Ir/c2*1-15-11-16(2)13-20(12-15)22-21-8-7-18(17-5-3-4-6-17)14-19(21)9-10-23-22;1-6-11(7-2)12(15)10-13(16)14(5,8-3)9-4;/h2*7-12,14,17H,3-6H2,1-2H3;10-11,15H,6-9H2,1-5H3;/q2*-1;;/b;;12-10-;/i10D;;;. The number of rotatable bonds is 11. The molecule has 0 saturated heterocycles. The zero-order valence-electron chi connectivity index (χ0n) is 40.4. The van der Waals surface area contributed by atoms with E-state index in [0.29, 0.717) is 12.1 Å². The number of allylic oxidation sites excluding steroid dienone is 2. The molecule has 2 aromatic heterocycles. The molecule has 5 heteroatoms. The van der Waals surface area contributed by atoms with Crippen LogP contribution < -0.4 is 0 Å². The Labute approximate surface area is 394 Å². The molecule has 0 unspecified atom stereocenters. The largest absolute Gasteiger partial charge is 0.512 e. The molecule has 2 aliphatic rings. The molecule has 2 fully saturated rings. The molecule has 335 valence electrons. The molecule has 0 bridgehead atoms. The van der Waals surface area contributed by atoms with Gasteiger partial charge in [-0.2, -0.15) is 0 Å². The Morgan fingerprint density at radius 1 is 0.714 bits per heavy atom. The van der Waals surface area contributed by atoms with Crippen LogP contribution in [0.5, 0.6) is 0 Å². The van der Waals surface area contributed by atoms with Crippen molar-refractivity contribution in [2.24, 2.45) is 11.3 Å². The van der Waals surface area contributed by atoms with Gasteiger partial charge in [0.15, 0.2) is 5.78 Å². The Morgan fingerprint density at radius 2 is 1.17 bits per heavy atom. The summed E-state index contributed by atoms with van der Waals surface area (Å²) in [5.41, 5.74) is 11.3. The predicted octanol–water partition coefficient (Wildman–Crippen LogP) is 16.2. The summed E-state index contributed by atoms with van der Waals surface area (Å²) in [5, 5.41) is 14.7. The number of aromatic nitrogens is 2. The summed E-state index contributed by atoms with van der Waals surface area (Å²) >= 11 is 0. The third kappa shape index (κ3) is 12.4. The van der Waals surface area contributed by atoms with Crippen molar-refractivity contribution in [2.45, 2.75) is 151 Å². The average Bonchev–Trinajstić information content (AvgIpc) is 4.02. The van der Waals surface area contributed by atoms with E-state index >= 15 is 0 Å². The second-order valence-corrected chi connectivity index (χ2v) is 18.4. The van der Waals surface area contributed by atoms with Crippen LogP contribution in [0.2, 0.25) is 0 Å². The molecule has 63 heavy (non-hydrogen) atoms. The van der Waals surface area contributed by atoms with E-state index in [1.807, 2.05) is 46.9 Å². The molecule has 2 saturated carbocycles. The molecular formula is C58H70IrN2O2-2. The van der Waals surface area contributed by atoms with Gasteiger partial charge in [-0.25, -0.2) is 0 Å². The van der Waals surface area contributed by atoms with E-state index in [-0.39, 0.29) is 43.0 Å². The zero-order valence-corrected chi connectivity index (χ0v) is 41.8. The van der Waals surface area contributed by atoms with Gasteiger partial charge < -0.3 is 15.1 Å². The molecule has 4 aromatic carbocycles. The molecule has 1 N–H and O–H groups in total. The zero-order chi connectivity index (χ0) is 45.3. The van der Waals surface area contributed by atoms with E-state index in [0.717, 1.165) is 70.5 Å². The molecule has 2 heterocycles. The van der Waals surface area contributed by atoms with Crippen molar-refractivity contribution in [2.75, 3.05) is 0 Å². The monoisotopic (exact) mass is 1020 g/mol. The maximum atomic E-state index is 12.0. The van der Waals surface area contributed by atoms with Crippen LogP contribution in [0.3, 0.4) is 0 Å². The number of fused-ring (bicyclic) bond motifs is 2. The Bertz CT molecular complexity index is 2500. The summed E-state index contributed by atoms with van der Waals surface area (Å²) in [7, 11) is 0. The van der Waals surface area contributed by atoms with Crippen LogP contribution >= 0.6 is 0 Å². The second-order valence-electron chi connectivity index (χ2n) is 18.4. The first-order valence-corrected chi connectivity index (χ1v) is 23.5. The van der Waals surface area contributed by atoms with Crippen molar-refractivity contribution < 1.29 is 31.4 Å². The Hall–Kier alpha value is -4.44. The van der Waals surface area contributed by atoms with Gasteiger partial charge in [0.2, 0.25) is 0 Å². The van der Waals surface area contributed by atoms with Crippen LogP contribution in [0.1, 0.15) is 158 Å². The normalized spacial score (nSPS) is 14.8. The predicted molar refractivity (Wildman–Crippen MR) is 262 cm³/mol. The number of aryl methyl sites for hydroxylation is 4. The van der Waals surface area contributed by atoms with Gasteiger partial charge in [0, 0.05) is 49.9 Å². The van der Waals surface area contributed by atoms with Crippen molar-refractivity contribution in [3.05, 3.63) is 143 Å². The van der Waals surface area contributed by atoms with E-state index in [4.69, 9.17) is 1.37 Å². The van der Waals surface area contributed by atoms with Crippen molar-refractivity contribution in [3.63, 3.8) is 0 Å². The van der Waals surface area contributed by atoms with Crippen LogP contribution in [-0.4, -0.2) is 20.9 Å². The Morgan fingerprint density at radius 3 is 1.62 bits per heavy atom. The number of benzene rings is 4. The van der Waals surface area contributed by atoms with E-state index in [2.05, 4.69) is 117 Å². The number of hydrogen-bond acceptors (Lipinski definition) is 4. The van der Waals surface area contributed by atoms with Gasteiger partial charge in [0.1, 0.15) is 0 Å². The summed E-state index contributed by atoms with van der Waals surface area (Å²) < 4.78 is 8.13. The number of nitrogens with zero attached hydrogens (tertiary/aromatic N) is 2. The summed E-state index contributed by atoms with van der Waals surface area (Å²) in [6.45, 7) is 18.4. The SMILES string of the molecule is CCC(CC)/C(O)=C/C(=O)C(C)(CC)CC.Cc1[c-]c(-c2nccc3cc(C4CCCC4)ccc23)cc(C)c1.[2H]c1cc2cc(C3CCCC3)ccc2c(-c2[c-]c(C)cc(C)c2)n1.[Ir]. The van der Waals surface area contributed by atoms with Crippen LogP contribution in [0.25, 0.3) is 44.1 Å². The second kappa shape index (κ2) is 23.0. The summed E-state index contributed by atoms with van der Waals surface area (Å²) in [6, 6.07) is 33.1. The van der Waals surface area contributed by atoms with Gasteiger partial charge in [-0.1, -0.05) is 124 Å². The number of aliphatic hydroxyl groups is 1. The van der Waals surface area contributed by atoms with Crippen molar-refractivity contribution in [1.82, 2.24) is 9.97 Å². The fourth-order valence-corrected chi connectivity index (χ4v) is 9.56. The van der Waals surface area contributed by atoms with Crippen LogP contribution in [0.15, 0.2) is 97.0 Å². The van der Waals surface area contributed by atoms with Crippen molar-refractivity contribution in [1.29, 1.82) is 0 Å². The van der Waals surface area contributed by atoms with Gasteiger partial charge in [-0.3, -0.25) is 4.79 Å². The fourth-order valence-electron chi connectivity index (χ4n) is 9.56. The maximum absolute atomic E-state index is 12.0. The molecule has 4 nitrogen and oxygen atoms in total. The summed E-state index contributed by atoms with van der Waals surface area (Å²) in [6.07, 6.45) is 17.8. The molecule has 0 spiro atoms. The minimum absolute atomic E-state index is 0. The number of hydrogen-bond donors (Lipinski definition) is 1. The molecule has 1 radical (unpaired) electrons. The Kier molecular flexibility index (Phi) is 17.5. The molecular weight excluding hydrogens is 949 g/mol. The molecule has 0 amide bonds. The molecule has 0 aliphatic heterocycles. The number of carbonyl (C=O) groups is 1. The quantitative estimate of drug-likeness (QED) is 0.0798. The minimum atomic E-state index is -0.319. The van der Waals surface area contributed by atoms with Crippen LogP contribution in [0.4, 0.5) is 0 Å². The first-order chi connectivity index (χ1) is 30.2. The van der Waals surface area contributed by atoms with Crippen LogP contribution in [0, 0.1) is 51.2 Å². The third-order valence-corrected chi connectivity index (χ3v) is 13.8. The number of carbonyl (C=O) groups excluding carboxylic acids is 1. The summed E-state index contributed by atoms with van der Waals surface area (Å²) in [4.78, 5) is 21.2. The van der Waals surface area contributed by atoms with E-state index in [1.54, 1.807) is 0 Å². The Balaban J connectivity index is 0.000000184. The van der Waals surface area contributed by atoms with E-state index in [9.17, 15) is 9.90 Å². The third-order valence-electron chi connectivity index (χ3n) is 13.8. The summed E-state index contributed by atoms with van der Waals surface area (Å²) in [5.74, 6) is 1.88. The molecule has 6 aromatic rings.